The third kappa shape index (κ3) is 7.30. The Morgan fingerprint density at radius 2 is 2.08 bits per heavy atom. The van der Waals surface area contributed by atoms with Gasteiger partial charge >= 0.3 is 6.03 Å². The fraction of sp³-hybridized carbons (Fsp3) is 0.857. The van der Waals surface area contributed by atoms with Crippen LogP contribution < -0.4 is 16.0 Å². The van der Waals surface area contributed by atoms with E-state index in [0.717, 1.165) is 13.1 Å². The maximum atomic E-state index is 10.6. The van der Waals surface area contributed by atoms with Crippen molar-refractivity contribution >= 4 is 6.03 Å². The standard InChI is InChI=1S/C7H17N3O2/c1-8-7(11)10-4-3-9-5-6-12-2/h9H,3-6H2,1-2H3,(H2,8,10,11). The normalized spacial score (nSPS) is 9.50. The fourth-order valence-corrected chi connectivity index (χ4v) is 0.652. The van der Waals surface area contributed by atoms with Gasteiger partial charge in [0.25, 0.3) is 0 Å². The zero-order valence-electron chi connectivity index (χ0n) is 7.64. The Morgan fingerprint density at radius 1 is 1.33 bits per heavy atom. The van der Waals surface area contributed by atoms with Crippen LogP contribution in [0.25, 0.3) is 0 Å². The maximum Gasteiger partial charge on any atom is 0.314 e. The van der Waals surface area contributed by atoms with Crippen molar-refractivity contribution in [2.24, 2.45) is 0 Å². The van der Waals surface area contributed by atoms with E-state index in [1.165, 1.54) is 0 Å². The molecule has 0 aliphatic rings. The number of rotatable bonds is 6. The molecule has 0 aliphatic carbocycles. The molecule has 0 fully saturated rings. The third-order valence-electron chi connectivity index (χ3n) is 1.30. The molecule has 12 heavy (non-hydrogen) atoms. The molecule has 0 bridgehead atoms. The van der Waals surface area contributed by atoms with Gasteiger partial charge in [-0.1, -0.05) is 0 Å². The van der Waals surface area contributed by atoms with Crippen molar-refractivity contribution in [1.29, 1.82) is 0 Å². The number of nitrogens with one attached hydrogen (secondary N) is 3. The molecule has 0 aliphatic heterocycles. The molecule has 3 N–H and O–H groups in total. The van der Waals surface area contributed by atoms with Gasteiger partial charge in [-0.25, -0.2) is 4.79 Å². The molecule has 0 rings (SSSR count). The Hall–Kier alpha value is -0.810. The Bertz CT molecular complexity index is 119. The Labute approximate surface area is 72.9 Å². The van der Waals surface area contributed by atoms with Crippen LogP contribution >= 0.6 is 0 Å². The number of urea groups is 1. The van der Waals surface area contributed by atoms with Crippen LogP contribution in [0.1, 0.15) is 0 Å². The summed E-state index contributed by atoms with van der Waals surface area (Å²) in [4.78, 5) is 10.6. The second-order valence-corrected chi connectivity index (χ2v) is 2.25. The van der Waals surface area contributed by atoms with Gasteiger partial charge in [0.15, 0.2) is 0 Å². The molecule has 72 valence electrons. The molecule has 2 amide bonds. The molecule has 0 unspecified atom stereocenters. The van der Waals surface area contributed by atoms with Gasteiger partial charge in [0.05, 0.1) is 6.61 Å². The van der Waals surface area contributed by atoms with Crippen molar-refractivity contribution in [1.82, 2.24) is 16.0 Å². The largest absolute Gasteiger partial charge is 0.383 e. The minimum absolute atomic E-state index is 0.149. The lowest BCUT2D eigenvalue weighted by Gasteiger charge is -2.05. The average molecular weight is 175 g/mol. The van der Waals surface area contributed by atoms with Gasteiger partial charge in [0.2, 0.25) is 0 Å². The van der Waals surface area contributed by atoms with Crippen molar-refractivity contribution in [3.05, 3.63) is 0 Å². The third-order valence-corrected chi connectivity index (χ3v) is 1.30. The highest BCUT2D eigenvalue weighted by Crippen LogP contribution is 1.64. The number of amides is 2. The molecule has 0 radical (unpaired) electrons. The van der Waals surface area contributed by atoms with E-state index < -0.39 is 0 Å². The quantitative estimate of drug-likeness (QED) is 0.461. The summed E-state index contributed by atoms with van der Waals surface area (Å²) in [6, 6.07) is -0.149. The predicted molar refractivity (Wildman–Crippen MR) is 47.2 cm³/mol. The van der Waals surface area contributed by atoms with E-state index in [1.54, 1.807) is 14.2 Å². The summed E-state index contributed by atoms with van der Waals surface area (Å²) in [5, 5.41) is 8.22. The molecular weight excluding hydrogens is 158 g/mol. The van der Waals surface area contributed by atoms with Crippen molar-refractivity contribution in [3.63, 3.8) is 0 Å². The summed E-state index contributed by atoms with van der Waals surface area (Å²) in [5.74, 6) is 0. The summed E-state index contributed by atoms with van der Waals surface area (Å²) < 4.78 is 4.83. The summed E-state index contributed by atoms with van der Waals surface area (Å²) >= 11 is 0. The zero-order valence-corrected chi connectivity index (χ0v) is 7.64. The molecule has 0 saturated heterocycles. The van der Waals surface area contributed by atoms with E-state index in [-0.39, 0.29) is 6.03 Å². The molecule has 0 aromatic carbocycles. The Balaban J connectivity index is 2.95. The fourth-order valence-electron chi connectivity index (χ4n) is 0.652. The number of hydrogen-bond acceptors (Lipinski definition) is 3. The number of carbonyl (C=O) groups excluding carboxylic acids is 1. The van der Waals surface area contributed by atoms with Crippen LogP contribution in [0.3, 0.4) is 0 Å². The molecular formula is C7H17N3O2. The second-order valence-electron chi connectivity index (χ2n) is 2.25. The van der Waals surface area contributed by atoms with E-state index in [9.17, 15) is 4.79 Å². The molecule has 5 nitrogen and oxygen atoms in total. The number of hydrogen-bond donors (Lipinski definition) is 3. The first-order chi connectivity index (χ1) is 5.81. The highest BCUT2D eigenvalue weighted by molar-refractivity contribution is 5.73. The van der Waals surface area contributed by atoms with E-state index in [2.05, 4.69) is 16.0 Å². The minimum Gasteiger partial charge on any atom is -0.383 e. The molecule has 0 heterocycles. The smallest absolute Gasteiger partial charge is 0.314 e. The lowest BCUT2D eigenvalue weighted by Crippen LogP contribution is -2.37. The van der Waals surface area contributed by atoms with Crippen molar-refractivity contribution < 1.29 is 9.53 Å². The van der Waals surface area contributed by atoms with Crippen molar-refractivity contribution in [2.75, 3.05) is 40.4 Å². The lowest BCUT2D eigenvalue weighted by atomic mass is 10.6. The maximum absolute atomic E-state index is 10.6. The zero-order chi connectivity index (χ0) is 9.23. The van der Waals surface area contributed by atoms with Gasteiger partial charge in [-0.2, -0.15) is 0 Å². The van der Waals surface area contributed by atoms with Gasteiger partial charge in [-0.3, -0.25) is 0 Å². The van der Waals surface area contributed by atoms with Crippen LogP contribution in [-0.2, 0) is 4.74 Å². The van der Waals surface area contributed by atoms with Crippen LogP contribution in [0.4, 0.5) is 4.79 Å². The number of methoxy groups -OCH3 is 1. The average Bonchev–Trinajstić information content (AvgIpc) is 2.10. The number of carbonyl (C=O) groups is 1. The lowest BCUT2D eigenvalue weighted by molar-refractivity contribution is 0.199. The summed E-state index contributed by atoms with van der Waals surface area (Å²) in [7, 11) is 3.25. The molecule has 0 saturated carbocycles. The first kappa shape index (κ1) is 11.2. The van der Waals surface area contributed by atoms with Crippen molar-refractivity contribution in [2.45, 2.75) is 0 Å². The van der Waals surface area contributed by atoms with Gasteiger partial charge in [0.1, 0.15) is 0 Å². The first-order valence-corrected chi connectivity index (χ1v) is 3.96. The van der Waals surface area contributed by atoms with Crippen LogP contribution in [0.2, 0.25) is 0 Å². The van der Waals surface area contributed by atoms with Crippen molar-refractivity contribution in [3.8, 4) is 0 Å². The molecule has 0 aromatic rings. The summed E-state index contributed by atoms with van der Waals surface area (Å²) in [6.45, 7) is 2.89. The monoisotopic (exact) mass is 175 g/mol. The first-order valence-electron chi connectivity index (χ1n) is 3.96. The predicted octanol–water partition coefficient (Wildman–Crippen LogP) is -0.849. The Morgan fingerprint density at radius 3 is 2.67 bits per heavy atom. The highest BCUT2D eigenvalue weighted by Gasteiger charge is 1.92. The second kappa shape index (κ2) is 8.29. The SMILES string of the molecule is CNC(=O)NCCNCCOC. The van der Waals surface area contributed by atoms with E-state index in [4.69, 9.17) is 4.74 Å². The van der Waals surface area contributed by atoms with Crippen LogP contribution in [0.5, 0.6) is 0 Å². The topological polar surface area (TPSA) is 62.4 Å². The van der Waals surface area contributed by atoms with Gasteiger partial charge < -0.3 is 20.7 Å². The summed E-state index contributed by atoms with van der Waals surface area (Å²) in [5.41, 5.74) is 0. The van der Waals surface area contributed by atoms with Crippen LogP contribution in [-0.4, -0.2) is 46.4 Å². The molecule has 0 aromatic heterocycles. The Kier molecular flexibility index (Phi) is 7.73. The molecule has 5 heteroatoms. The van der Waals surface area contributed by atoms with Gasteiger partial charge in [0, 0.05) is 33.8 Å². The van der Waals surface area contributed by atoms with Gasteiger partial charge in [-0.15, -0.1) is 0 Å². The molecule has 0 spiro atoms. The highest BCUT2D eigenvalue weighted by atomic mass is 16.5. The van der Waals surface area contributed by atoms with E-state index in [0.29, 0.717) is 13.2 Å². The van der Waals surface area contributed by atoms with Gasteiger partial charge in [-0.05, 0) is 0 Å². The van der Waals surface area contributed by atoms with E-state index in [1.807, 2.05) is 0 Å². The van der Waals surface area contributed by atoms with Crippen LogP contribution in [0, 0.1) is 0 Å². The number of ether oxygens (including phenoxy) is 1. The molecule has 0 atom stereocenters. The van der Waals surface area contributed by atoms with Crippen LogP contribution in [0.15, 0.2) is 0 Å². The van der Waals surface area contributed by atoms with E-state index >= 15 is 0 Å². The summed E-state index contributed by atoms with van der Waals surface area (Å²) in [6.07, 6.45) is 0. The minimum atomic E-state index is -0.149.